The molecule has 1 heterocycles. The fourth-order valence-electron chi connectivity index (χ4n) is 2.93. The van der Waals surface area contributed by atoms with Gasteiger partial charge in [0.05, 0.1) is 16.8 Å². The molecular weight excluding hydrogens is 556 g/mol. The third-order valence-electron chi connectivity index (χ3n) is 4.32. The minimum absolute atomic E-state index is 0.0332. The summed E-state index contributed by atoms with van der Waals surface area (Å²) in [4.78, 5) is 16.1. The number of nitrogens with zero attached hydrogens (tertiary/aromatic N) is 1. The highest BCUT2D eigenvalue weighted by Gasteiger charge is 2.23. The van der Waals surface area contributed by atoms with Gasteiger partial charge in [-0.05, 0) is 42.8 Å². The summed E-state index contributed by atoms with van der Waals surface area (Å²) < 4.78 is 74.9. The standard InChI is InChI=1S/C21H14Cl3F3N2O5S/c1-9-3-11(22)5-14(23)18(9)34-20-15(24)4-10(8-28-20)12-6-16(25)13(7-17(12)33-21(26)27)19(30)29-35(2,31)32/h3-8,21H,1-2H3,(H,29,30). The second-order valence-corrected chi connectivity index (χ2v) is 10.1. The molecule has 3 aromatic rings. The van der Waals surface area contributed by atoms with Crippen molar-refractivity contribution < 1.29 is 35.9 Å². The Hall–Kier alpha value is -2.73. The van der Waals surface area contributed by atoms with Crippen molar-refractivity contribution in [1.82, 2.24) is 9.71 Å². The van der Waals surface area contributed by atoms with Gasteiger partial charge in [-0.25, -0.2) is 22.5 Å². The second kappa shape index (κ2) is 10.5. The number of ether oxygens (including phenoxy) is 2. The van der Waals surface area contributed by atoms with E-state index in [0.717, 1.165) is 6.20 Å². The van der Waals surface area contributed by atoms with E-state index in [1.165, 1.54) is 12.1 Å². The van der Waals surface area contributed by atoms with Crippen LogP contribution in [0.5, 0.6) is 17.4 Å². The Morgan fingerprint density at radius 1 is 1.09 bits per heavy atom. The smallest absolute Gasteiger partial charge is 0.387 e. The number of halogens is 6. The summed E-state index contributed by atoms with van der Waals surface area (Å²) >= 11 is 18.3. The van der Waals surface area contributed by atoms with Crippen LogP contribution in [0.4, 0.5) is 13.2 Å². The largest absolute Gasteiger partial charge is 0.436 e. The molecule has 0 bridgehead atoms. The molecule has 1 aromatic heterocycles. The summed E-state index contributed by atoms with van der Waals surface area (Å²) in [5, 5.41) is 0.487. The van der Waals surface area contributed by atoms with Gasteiger partial charge in [0, 0.05) is 22.3 Å². The maximum atomic E-state index is 14.7. The first kappa shape index (κ1) is 26.9. The summed E-state index contributed by atoms with van der Waals surface area (Å²) in [6.45, 7) is -1.65. The quantitative estimate of drug-likeness (QED) is 0.362. The van der Waals surface area contributed by atoms with Gasteiger partial charge in [0.1, 0.15) is 16.6 Å². The topological polar surface area (TPSA) is 94.6 Å². The molecule has 35 heavy (non-hydrogen) atoms. The molecule has 0 spiro atoms. The van der Waals surface area contributed by atoms with Crippen molar-refractivity contribution >= 4 is 50.7 Å². The maximum Gasteiger partial charge on any atom is 0.387 e. The number of nitrogens with one attached hydrogen (secondary N) is 1. The lowest BCUT2D eigenvalue weighted by Crippen LogP contribution is -2.30. The molecule has 0 atom stereocenters. The average Bonchev–Trinajstić information content (AvgIpc) is 2.71. The number of hydrogen-bond donors (Lipinski definition) is 1. The molecule has 14 heteroatoms. The minimum atomic E-state index is -4.04. The van der Waals surface area contributed by atoms with Crippen molar-refractivity contribution in [2.45, 2.75) is 13.5 Å². The van der Waals surface area contributed by atoms with E-state index >= 15 is 0 Å². The number of sulfonamides is 1. The van der Waals surface area contributed by atoms with Gasteiger partial charge in [-0.3, -0.25) is 4.79 Å². The third-order valence-corrected chi connectivity index (χ3v) is 5.65. The fourth-order valence-corrected chi connectivity index (χ4v) is 4.22. The van der Waals surface area contributed by atoms with E-state index in [0.29, 0.717) is 29.0 Å². The number of aromatic nitrogens is 1. The van der Waals surface area contributed by atoms with E-state index in [1.54, 1.807) is 17.7 Å². The van der Waals surface area contributed by atoms with Crippen molar-refractivity contribution in [3.8, 4) is 28.5 Å². The van der Waals surface area contributed by atoms with Crippen molar-refractivity contribution in [1.29, 1.82) is 0 Å². The van der Waals surface area contributed by atoms with Gasteiger partial charge < -0.3 is 9.47 Å². The van der Waals surface area contributed by atoms with Gasteiger partial charge in [0.15, 0.2) is 5.75 Å². The molecule has 0 fully saturated rings. The van der Waals surface area contributed by atoms with Gasteiger partial charge in [0.2, 0.25) is 15.9 Å². The Kier molecular flexibility index (Phi) is 8.05. The van der Waals surface area contributed by atoms with Crippen LogP contribution >= 0.6 is 34.8 Å². The van der Waals surface area contributed by atoms with Crippen LogP contribution in [0.3, 0.4) is 0 Å². The molecule has 2 aromatic carbocycles. The van der Waals surface area contributed by atoms with Crippen molar-refractivity contribution in [3.05, 3.63) is 68.5 Å². The Morgan fingerprint density at radius 2 is 1.77 bits per heavy atom. The van der Waals surface area contributed by atoms with Crippen LogP contribution in [0.2, 0.25) is 15.1 Å². The lowest BCUT2D eigenvalue weighted by molar-refractivity contribution is -0.0495. The number of aryl methyl sites for hydroxylation is 1. The van der Waals surface area contributed by atoms with E-state index in [2.05, 4.69) is 9.72 Å². The summed E-state index contributed by atoms with van der Waals surface area (Å²) in [6.07, 6.45) is 1.81. The first-order chi connectivity index (χ1) is 16.2. The highest BCUT2D eigenvalue weighted by Crippen LogP contribution is 2.40. The van der Waals surface area contributed by atoms with Crippen LogP contribution in [-0.4, -0.2) is 32.2 Å². The highest BCUT2D eigenvalue weighted by atomic mass is 35.5. The first-order valence-electron chi connectivity index (χ1n) is 9.35. The summed E-state index contributed by atoms with van der Waals surface area (Å²) in [5.41, 5.74) is -0.449. The van der Waals surface area contributed by atoms with Crippen LogP contribution < -0.4 is 14.2 Å². The predicted octanol–water partition coefficient (Wildman–Crippen LogP) is 6.24. The van der Waals surface area contributed by atoms with Crippen molar-refractivity contribution in [2.75, 3.05) is 6.26 Å². The normalized spacial score (nSPS) is 11.5. The van der Waals surface area contributed by atoms with E-state index < -0.39 is 39.7 Å². The van der Waals surface area contributed by atoms with Crippen LogP contribution in [-0.2, 0) is 10.0 Å². The van der Waals surface area contributed by atoms with Crippen LogP contribution in [0.25, 0.3) is 11.1 Å². The number of amides is 1. The number of carbonyl (C=O) groups excluding carboxylic acids is 1. The molecule has 0 saturated heterocycles. The van der Waals surface area contributed by atoms with Gasteiger partial charge >= 0.3 is 6.61 Å². The van der Waals surface area contributed by atoms with Crippen molar-refractivity contribution in [2.24, 2.45) is 0 Å². The number of carbonyl (C=O) groups is 1. The van der Waals surface area contributed by atoms with Crippen LogP contribution in [0.1, 0.15) is 15.9 Å². The molecule has 0 aliphatic rings. The average molecular weight is 570 g/mol. The number of pyridine rings is 1. The van der Waals surface area contributed by atoms with Gasteiger partial charge in [-0.15, -0.1) is 0 Å². The SMILES string of the molecule is Cc1cc(Cl)cc(Cl)c1Oc1ncc(-c2cc(F)c(C(=O)NS(C)(=O)=O)cc2OC(F)F)cc1Cl. The monoisotopic (exact) mass is 568 g/mol. The zero-order valence-electron chi connectivity index (χ0n) is 17.7. The number of benzene rings is 2. The molecular formula is C21H14Cl3F3N2O5S. The number of alkyl halides is 2. The Labute approximate surface area is 212 Å². The lowest BCUT2D eigenvalue weighted by atomic mass is 10.0. The summed E-state index contributed by atoms with van der Waals surface area (Å²) in [7, 11) is -4.04. The zero-order chi connectivity index (χ0) is 26.1. The van der Waals surface area contributed by atoms with E-state index in [1.807, 2.05) is 0 Å². The number of hydrogen-bond acceptors (Lipinski definition) is 6. The molecule has 7 nitrogen and oxygen atoms in total. The Morgan fingerprint density at radius 3 is 2.34 bits per heavy atom. The zero-order valence-corrected chi connectivity index (χ0v) is 20.8. The highest BCUT2D eigenvalue weighted by molar-refractivity contribution is 7.89. The van der Waals surface area contributed by atoms with E-state index in [9.17, 15) is 26.4 Å². The molecule has 3 rings (SSSR count). The van der Waals surface area contributed by atoms with Crippen molar-refractivity contribution in [3.63, 3.8) is 0 Å². The second-order valence-electron chi connectivity index (χ2n) is 7.06. The molecule has 186 valence electrons. The molecule has 0 aliphatic heterocycles. The maximum absolute atomic E-state index is 14.7. The first-order valence-corrected chi connectivity index (χ1v) is 12.4. The summed E-state index contributed by atoms with van der Waals surface area (Å²) in [5.74, 6) is -3.06. The van der Waals surface area contributed by atoms with Crippen LogP contribution in [0.15, 0.2) is 36.5 Å². The number of rotatable bonds is 7. The molecule has 0 saturated carbocycles. The Balaban J connectivity index is 2.03. The van der Waals surface area contributed by atoms with Crippen LogP contribution in [0, 0.1) is 12.7 Å². The van der Waals surface area contributed by atoms with Gasteiger partial charge in [-0.1, -0.05) is 34.8 Å². The molecule has 0 unspecified atom stereocenters. The molecule has 0 radical (unpaired) electrons. The lowest BCUT2D eigenvalue weighted by Gasteiger charge is -2.15. The minimum Gasteiger partial charge on any atom is -0.436 e. The third kappa shape index (κ3) is 6.69. The fraction of sp³-hybridized carbons (Fsp3) is 0.143. The van der Waals surface area contributed by atoms with Gasteiger partial charge in [0.25, 0.3) is 5.91 Å². The van der Waals surface area contributed by atoms with Gasteiger partial charge in [-0.2, -0.15) is 8.78 Å². The molecule has 0 aliphatic carbocycles. The van der Waals surface area contributed by atoms with E-state index in [-0.39, 0.29) is 32.8 Å². The summed E-state index contributed by atoms with van der Waals surface area (Å²) in [6, 6.07) is 5.65. The molecule has 1 N–H and O–H groups in total. The molecule has 1 amide bonds. The predicted molar refractivity (Wildman–Crippen MR) is 125 cm³/mol. The van der Waals surface area contributed by atoms with E-state index in [4.69, 9.17) is 39.5 Å². The Bertz CT molecular complexity index is 1400.